The van der Waals surface area contributed by atoms with Gasteiger partial charge in [0.05, 0.1) is 16.3 Å². The number of hydrogen-bond acceptors (Lipinski definition) is 12. The molecule has 0 amide bonds. The average molecular weight is 964 g/mol. The van der Waals surface area contributed by atoms with Gasteiger partial charge in [-0.05, 0) is 54.8 Å². The first kappa shape index (κ1) is 45.0. The molecule has 4 heterocycles. The van der Waals surface area contributed by atoms with Gasteiger partial charge >= 0.3 is 42.1 Å². The molecular weight excluding hydrogens is 940 g/mol. The van der Waals surface area contributed by atoms with E-state index in [-0.39, 0.29) is 83.8 Å². The predicted molar refractivity (Wildman–Crippen MR) is 199 cm³/mol. The van der Waals surface area contributed by atoms with Crippen LogP contribution in [0.2, 0.25) is 0 Å². The molecule has 0 saturated carbocycles. The number of ether oxygens (including phenoxy) is 4. The zero-order valence-electron chi connectivity index (χ0n) is 29.5. The van der Waals surface area contributed by atoms with Gasteiger partial charge in [0.15, 0.2) is 32.8 Å². The monoisotopic (exact) mass is 962 g/mol. The number of aromatic nitrogens is 2. The first-order valence-electron chi connectivity index (χ1n) is 15.4. The number of sulfone groups is 1. The quantitative estimate of drug-likeness (QED) is 0.103. The standard InChI is InChI=1S/C16H12F2N2O6S2.C15H9BrF2N2O4S.CH4O2S.Na/c1-27(21,22)9-5-6-10-12(7-9)19-8-14(10)28(23,24)20-11-3-2-4-13-15(11)26-16(17,18)25-13;16-8-4-5-9-11(6-8)19-7-13(9)25(21,22)20-10-2-1-3-12-14(10)24-15(17,18)23-12;1-4(2)3;/h2-8,19-20H,1H3;1-7,19-20H;1H3,(H,2,3);/q;;;+1/p-1. The van der Waals surface area contributed by atoms with Crippen LogP contribution in [0.5, 0.6) is 23.0 Å². The zero-order valence-corrected chi connectivity index (χ0v) is 36.4. The number of para-hydroxylation sites is 2. The van der Waals surface area contributed by atoms with Gasteiger partial charge in [-0.1, -0.05) is 51.3 Å². The molecule has 0 spiro atoms. The number of benzene rings is 4. The van der Waals surface area contributed by atoms with Crippen LogP contribution in [0.25, 0.3) is 21.8 Å². The third-order valence-electron chi connectivity index (χ3n) is 7.57. The number of halogens is 5. The second-order valence-corrected chi connectivity index (χ2v) is 18.7. The van der Waals surface area contributed by atoms with Crippen molar-refractivity contribution in [3.05, 3.63) is 89.7 Å². The van der Waals surface area contributed by atoms with Gasteiger partial charge in [-0.3, -0.25) is 13.7 Å². The van der Waals surface area contributed by atoms with E-state index in [0.29, 0.717) is 10.9 Å². The van der Waals surface area contributed by atoms with E-state index in [9.17, 15) is 42.8 Å². The van der Waals surface area contributed by atoms with Crippen LogP contribution in [0.1, 0.15) is 0 Å². The van der Waals surface area contributed by atoms with Gasteiger partial charge in [0, 0.05) is 44.9 Å². The summed E-state index contributed by atoms with van der Waals surface area (Å²) in [6.45, 7) is 0. The van der Waals surface area contributed by atoms with E-state index >= 15 is 0 Å². The number of nitrogens with one attached hydrogen (secondary N) is 4. The molecule has 0 bridgehead atoms. The molecule has 26 heteroatoms. The Kier molecular flexibility index (Phi) is 12.8. The van der Waals surface area contributed by atoms with Crippen molar-refractivity contribution in [3.63, 3.8) is 0 Å². The Morgan fingerprint density at radius 1 is 0.690 bits per heavy atom. The molecule has 8 rings (SSSR count). The fourth-order valence-corrected chi connectivity index (χ4v) is 8.82. The first-order valence-corrected chi connectivity index (χ1v) is 22.5. The maximum Gasteiger partial charge on any atom is 1.00 e. The minimum absolute atomic E-state index is 0. The summed E-state index contributed by atoms with van der Waals surface area (Å²) in [5.74, 6) is -1.34. The third kappa shape index (κ3) is 10.0. The summed E-state index contributed by atoms with van der Waals surface area (Å²) in [5, 5.41) is 0.695. The molecule has 4 N–H and O–H groups in total. The molecule has 2 aliphatic rings. The van der Waals surface area contributed by atoms with Crippen LogP contribution in [-0.2, 0) is 41.0 Å². The van der Waals surface area contributed by atoms with Gasteiger partial charge in [-0.15, -0.1) is 17.6 Å². The number of anilines is 2. The maximum atomic E-state index is 13.3. The summed E-state index contributed by atoms with van der Waals surface area (Å²) >= 11 is 1.44. The molecule has 304 valence electrons. The van der Waals surface area contributed by atoms with Crippen LogP contribution in [-0.4, -0.2) is 69.1 Å². The second kappa shape index (κ2) is 16.5. The summed E-state index contributed by atoms with van der Waals surface area (Å²) < 4.78 is 168. The zero-order chi connectivity index (χ0) is 41.7. The number of fused-ring (bicyclic) bond motifs is 4. The molecule has 2 aliphatic heterocycles. The van der Waals surface area contributed by atoms with Crippen molar-refractivity contribution >= 4 is 90.1 Å². The van der Waals surface area contributed by atoms with Gasteiger partial charge in [-0.25, -0.2) is 25.3 Å². The Hall–Kier alpha value is -4.08. The van der Waals surface area contributed by atoms with Crippen molar-refractivity contribution in [2.75, 3.05) is 22.0 Å². The van der Waals surface area contributed by atoms with Gasteiger partial charge in [0.2, 0.25) is 0 Å². The topological polar surface area (TPSA) is 235 Å². The number of sulfonamides is 2. The maximum absolute atomic E-state index is 13.3. The smallest absolute Gasteiger partial charge is 0.773 e. The fraction of sp³-hybridized carbons (Fsp3) is 0.125. The molecule has 4 aromatic carbocycles. The second-order valence-electron chi connectivity index (χ2n) is 11.7. The van der Waals surface area contributed by atoms with Crippen molar-refractivity contribution in [2.24, 2.45) is 0 Å². The molecular formula is C32H24BrF4N4NaO12S4. The van der Waals surface area contributed by atoms with Crippen molar-refractivity contribution in [2.45, 2.75) is 27.3 Å². The van der Waals surface area contributed by atoms with E-state index in [1.165, 1.54) is 67.0 Å². The largest absolute Gasteiger partial charge is 1.00 e. The molecule has 16 nitrogen and oxygen atoms in total. The van der Waals surface area contributed by atoms with Gasteiger partial charge < -0.3 is 33.5 Å². The van der Waals surface area contributed by atoms with Crippen LogP contribution in [0.3, 0.4) is 0 Å². The number of hydrogen-bond donors (Lipinski definition) is 4. The number of H-pyrrole nitrogens is 2. The SMILES string of the molecule is CS(=O)(=O)c1ccc2c(S(=O)(=O)Nc3cccc4c3OC(F)(F)O4)c[nH]c2c1.CS(=O)[O-].O=S(=O)(Nc1cccc2c1OC(F)(F)O2)c1c[nH]c2cc(Br)ccc12.[Na+]. The van der Waals surface area contributed by atoms with Crippen LogP contribution in [0.15, 0.2) is 104 Å². The molecule has 0 fully saturated rings. The Labute approximate surface area is 359 Å². The molecule has 58 heavy (non-hydrogen) atoms. The predicted octanol–water partition coefficient (Wildman–Crippen LogP) is 3.25. The van der Waals surface area contributed by atoms with E-state index in [1.807, 2.05) is 0 Å². The number of rotatable bonds is 7. The molecule has 1 unspecified atom stereocenters. The average Bonchev–Trinajstić information content (AvgIpc) is 3.85. The minimum Gasteiger partial charge on any atom is -0.773 e. The van der Waals surface area contributed by atoms with E-state index in [4.69, 9.17) is 8.76 Å². The van der Waals surface area contributed by atoms with Crippen LogP contribution < -0.4 is 57.9 Å². The van der Waals surface area contributed by atoms with E-state index in [0.717, 1.165) is 17.0 Å². The summed E-state index contributed by atoms with van der Waals surface area (Å²) in [5.41, 5.74) is 0.532. The van der Waals surface area contributed by atoms with Crippen LogP contribution in [0, 0.1) is 0 Å². The van der Waals surface area contributed by atoms with Crippen molar-refractivity contribution in [3.8, 4) is 23.0 Å². The first-order chi connectivity index (χ1) is 26.4. The van der Waals surface area contributed by atoms with Gasteiger partial charge in [-0.2, -0.15) is 0 Å². The molecule has 0 saturated heterocycles. The molecule has 2 aromatic heterocycles. The Morgan fingerprint density at radius 3 is 1.53 bits per heavy atom. The minimum atomic E-state index is -4.21. The molecule has 1 atom stereocenters. The normalized spacial score (nSPS) is 15.3. The Bertz CT molecular complexity index is 2910. The Morgan fingerprint density at radius 2 is 1.10 bits per heavy atom. The number of aromatic amines is 2. The fourth-order valence-electron chi connectivity index (χ4n) is 5.32. The van der Waals surface area contributed by atoms with Crippen molar-refractivity contribution < 1.29 is 100 Å². The summed E-state index contributed by atoms with van der Waals surface area (Å²) in [4.78, 5) is 5.38. The van der Waals surface area contributed by atoms with Gasteiger partial charge in [0.25, 0.3) is 20.0 Å². The summed E-state index contributed by atoms with van der Waals surface area (Å²) in [6, 6.07) is 16.7. The number of alkyl halides is 4. The molecule has 6 aromatic rings. The van der Waals surface area contributed by atoms with E-state index < -0.39 is 59.3 Å². The molecule has 0 aliphatic carbocycles. The Balaban J connectivity index is 0.000000200. The van der Waals surface area contributed by atoms with Crippen molar-refractivity contribution in [1.82, 2.24) is 9.97 Å². The molecule has 0 radical (unpaired) electrons. The van der Waals surface area contributed by atoms with Crippen molar-refractivity contribution in [1.29, 1.82) is 0 Å². The van der Waals surface area contributed by atoms with Crippen LogP contribution >= 0.6 is 15.9 Å². The summed E-state index contributed by atoms with van der Waals surface area (Å²) in [6.07, 6.45) is -3.11. The third-order valence-corrected chi connectivity index (χ3v) is 12.0. The van der Waals surface area contributed by atoms with E-state index in [2.05, 4.69) is 54.3 Å². The summed E-state index contributed by atoms with van der Waals surface area (Å²) in [7, 11) is -11.7. The van der Waals surface area contributed by atoms with Crippen LogP contribution in [0.4, 0.5) is 28.9 Å². The van der Waals surface area contributed by atoms with E-state index in [1.54, 1.807) is 18.2 Å². The van der Waals surface area contributed by atoms with Gasteiger partial charge in [0.1, 0.15) is 9.79 Å².